The third kappa shape index (κ3) is 3.00. The second-order valence-electron chi connectivity index (χ2n) is 4.56. The first-order chi connectivity index (χ1) is 10.3. The van der Waals surface area contributed by atoms with Crippen LogP contribution in [0.3, 0.4) is 0 Å². The molecule has 0 aliphatic rings. The van der Waals surface area contributed by atoms with Gasteiger partial charge in [0.2, 0.25) is 0 Å². The van der Waals surface area contributed by atoms with E-state index >= 15 is 0 Å². The van der Waals surface area contributed by atoms with Crippen LogP contribution in [0.15, 0.2) is 61.4 Å². The number of hydrogen-bond donors (Lipinski definition) is 1. The summed E-state index contributed by atoms with van der Waals surface area (Å²) >= 11 is 0. The van der Waals surface area contributed by atoms with Crippen molar-refractivity contribution in [1.29, 1.82) is 0 Å². The average Bonchev–Trinajstić information content (AvgIpc) is 3.20. The van der Waals surface area contributed by atoms with Crippen molar-refractivity contribution in [3.8, 4) is 5.69 Å². The zero-order chi connectivity index (χ0) is 14.5. The Kier molecular flexibility index (Phi) is 3.77. The highest BCUT2D eigenvalue weighted by molar-refractivity contribution is 5.97. The van der Waals surface area contributed by atoms with Crippen molar-refractivity contribution < 1.29 is 4.79 Å². The Balaban J connectivity index is 1.70. The van der Waals surface area contributed by atoms with Gasteiger partial charge in [0.05, 0.1) is 11.3 Å². The maximum absolute atomic E-state index is 12.3. The summed E-state index contributed by atoms with van der Waals surface area (Å²) in [5.74, 6) is -0.105. The molecule has 0 aliphatic heterocycles. The van der Waals surface area contributed by atoms with Gasteiger partial charge in [-0.1, -0.05) is 12.1 Å². The van der Waals surface area contributed by atoms with Gasteiger partial charge in [-0.25, -0.2) is 0 Å². The highest BCUT2D eigenvalue weighted by atomic mass is 16.1. The van der Waals surface area contributed by atoms with Crippen LogP contribution in [0.25, 0.3) is 5.69 Å². The Morgan fingerprint density at radius 2 is 1.76 bits per heavy atom. The van der Waals surface area contributed by atoms with E-state index in [4.69, 9.17) is 0 Å². The lowest BCUT2D eigenvalue weighted by molar-refractivity contribution is 0.0952. The molecule has 0 spiro atoms. The molecule has 0 saturated heterocycles. The van der Waals surface area contributed by atoms with Crippen LogP contribution in [-0.2, 0) is 6.54 Å². The second-order valence-corrected chi connectivity index (χ2v) is 4.56. The molecule has 0 saturated carbocycles. The van der Waals surface area contributed by atoms with Gasteiger partial charge in [0.25, 0.3) is 5.91 Å². The van der Waals surface area contributed by atoms with Gasteiger partial charge in [-0.2, -0.15) is 0 Å². The Labute approximate surface area is 122 Å². The molecule has 2 aromatic heterocycles. The first-order valence-corrected chi connectivity index (χ1v) is 6.67. The van der Waals surface area contributed by atoms with E-state index in [2.05, 4.69) is 15.5 Å². The predicted molar refractivity (Wildman–Crippen MR) is 78.1 cm³/mol. The van der Waals surface area contributed by atoms with Crippen molar-refractivity contribution in [2.24, 2.45) is 0 Å². The summed E-state index contributed by atoms with van der Waals surface area (Å²) in [6.45, 7) is 1.32. The topological polar surface area (TPSA) is 64.7 Å². The van der Waals surface area contributed by atoms with Gasteiger partial charge in [0.15, 0.2) is 0 Å². The summed E-state index contributed by atoms with van der Waals surface area (Å²) < 4.78 is 3.74. The largest absolute Gasteiger partial charge is 0.353 e. The minimum atomic E-state index is -0.105. The fourth-order valence-corrected chi connectivity index (χ4v) is 2.13. The zero-order valence-corrected chi connectivity index (χ0v) is 11.4. The number of carbonyl (C=O) groups excluding carboxylic acids is 1. The van der Waals surface area contributed by atoms with Gasteiger partial charge in [-0.05, 0) is 24.3 Å². The number of nitrogens with one attached hydrogen (secondary N) is 1. The fraction of sp³-hybridized carbons (Fsp3) is 0.133. The van der Waals surface area contributed by atoms with E-state index in [1.807, 2.05) is 47.3 Å². The number of para-hydroxylation sites is 1. The van der Waals surface area contributed by atoms with Crippen molar-refractivity contribution in [2.75, 3.05) is 6.54 Å². The second kappa shape index (κ2) is 6.04. The molecule has 3 rings (SSSR count). The molecule has 0 unspecified atom stereocenters. The lowest BCUT2D eigenvalue weighted by Gasteiger charge is -2.10. The highest BCUT2D eigenvalue weighted by Gasteiger charge is 2.11. The average molecular weight is 281 g/mol. The number of benzene rings is 1. The van der Waals surface area contributed by atoms with E-state index in [0.717, 1.165) is 12.2 Å². The summed E-state index contributed by atoms with van der Waals surface area (Å²) in [5, 5.41) is 10.5. The molecule has 0 atom stereocenters. The van der Waals surface area contributed by atoms with E-state index in [1.165, 1.54) is 0 Å². The molecule has 1 N–H and O–H groups in total. The number of rotatable bonds is 5. The van der Waals surface area contributed by atoms with Gasteiger partial charge in [0, 0.05) is 25.5 Å². The van der Waals surface area contributed by atoms with Gasteiger partial charge in [-0.3, -0.25) is 9.36 Å². The van der Waals surface area contributed by atoms with Crippen molar-refractivity contribution >= 4 is 5.91 Å². The first-order valence-electron chi connectivity index (χ1n) is 6.67. The molecule has 0 radical (unpaired) electrons. The smallest absolute Gasteiger partial charge is 0.253 e. The molecule has 6 heteroatoms. The minimum absolute atomic E-state index is 0.105. The van der Waals surface area contributed by atoms with Crippen LogP contribution in [0.5, 0.6) is 0 Å². The van der Waals surface area contributed by atoms with E-state index in [1.54, 1.807) is 23.3 Å². The number of amides is 1. The van der Waals surface area contributed by atoms with Crippen LogP contribution < -0.4 is 5.32 Å². The van der Waals surface area contributed by atoms with Gasteiger partial charge < -0.3 is 9.88 Å². The monoisotopic (exact) mass is 281 g/mol. The van der Waals surface area contributed by atoms with Crippen molar-refractivity contribution in [1.82, 2.24) is 24.6 Å². The summed E-state index contributed by atoms with van der Waals surface area (Å²) in [7, 11) is 0. The summed E-state index contributed by atoms with van der Waals surface area (Å²) in [6, 6.07) is 11.3. The van der Waals surface area contributed by atoms with Crippen LogP contribution in [-0.4, -0.2) is 31.8 Å². The third-order valence-electron chi connectivity index (χ3n) is 3.17. The Bertz CT molecular complexity index is 704. The normalized spacial score (nSPS) is 10.5. The highest BCUT2D eigenvalue weighted by Crippen LogP contribution is 2.13. The molecule has 1 aromatic carbocycles. The standard InChI is InChI=1S/C15H15N5O/c21-15(16-7-10-19-8-3-4-9-19)13-5-1-2-6-14(13)20-11-17-18-12-20/h1-6,8-9,11-12H,7,10H2,(H,16,21). The molecule has 6 nitrogen and oxygen atoms in total. The van der Waals surface area contributed by atoms with E-state index in [0.29, 0.717) is 12.1 Å². The maximum Gasteiger partial charge on any atom is 0.253 e. The molecule has 0 bridgehead atoms. The SMILES string of the molecule is O=C(NCCn1cccc1)c1ccccc1-n1cnnc1. The maximum atomic E-state index is 12.3. The van der Waals surface area contributed by atoms with Crippen molar-refractivity contribution in [3.05, 3.63) is 67.0 Å². The van der Waals surface area contributed by atoms with Crippen molar-refractivity contribution in [3.63, 3.8) is 0 Å². The number of hydrogen-bond acceptors (Lipinski definition) is 3. The van der Waals surface area contributed by atoms with Crippen LogP contribution in [0, 0.1) is 0 Å². The minimum Gasteiger partial charge on any atom is -0.353 e. The molecule has 1 amide bonds. The Morgan fingerprint density at radius 3 is 2.52 bits per heavy atom. The number of aromatic nitrogens is 4. The number of nitrogens with zero attached hydrogens (tertiary/aromatic N) is 4. The molecule has 2 heterocycles. The summed E-state index contributed by atoms with van der Waals surface area (Å²) in [6.07, 6.45) is 7.09. The van der Waals surface area contributed by atoms with Gasteiger partial charge in [-0.15, -0.1) is 10.2 Å². The fourth-order valence-electron chi connectivity index (χ4n) is 2.13. The van der Waals surface area contributed by atoms with Gasteiger partial charge >= 0.3 is 0 Å². The van der Waals surface area contributed by atoms with E-state index in [9.17, 15) is 4.79 Å². The Morgan fingerprint density at radius 1 is 1.05 bits per heavy atom. The Hall–Kier alpha value is -2.89. The zero-order valence-electron chi connectivity index (χ0n) is 11.4. The predicted octanol–water partition coefficient (Wildman–Crippen LogP) is 1.50. The summed E-state index contributed by atoms with van der Waals surface area (Å²) in [5.41, 5.74) is 1.37. The molecule has 106 valence electrons. The van der Waals surface area contributed by atoms with Crippen LogP contribution in [0.4, 0.5) is 0 Å². The first kappa shape index (κ1) is 13.1. The van der Waals surface area contributed by atoms with E-state index < -0.39 is 0 Å². The molecular weight excluding hydrogens is 266 g/mol. The molecule has 0 fully saturated rings. The van der Waals surface area contributed by atoms with Crippen LogP contribution in [0.1, 0.15) is 10.4 Å². The van der Waals surface area contributed by atoms with Crippen LogP contribution in [0.2, 0.25) is 0 Å². The summed E-state index contributed by atoms with van der Waals surface area (Å²) in [4.78, 5) is 12.3. The lowest BCUT2D eigenvalue weighted by Crippen LogP contribution is -2.27. The lowest BCUT2D eigenvalue weighted by atomic mass is 10.1. The van der Waals surface area contributed by atoms with Crippen LogP contribution >= 0.6 is 0 Å². The molecule has 0 aliphatic carbocycles. The molecule has 21 heavy (non-hydrogen) atoms. The van der Waals surface area contributed by atoms with Crippen molar-refractivity contribution in [2.45, 2.75) is 6.54 Å². The number of carbonyl (C=O) groups is 1. The molecular formula is C15H15N5O. The third-order valence-corrected chi connectivity index (χ3v) is 3.17. The quantitative estimate of drug-likeness (QED) is 0.770. The molecule has 3 aromatic rings. The van der Waals surface area contributed by atoms with E-state index in [-0.39, 0.29) is 5.91 Å². The van der Waals surface area contributed by atoms with Gasteiger partial charge in [0.1, 0.15) is 12.7 Å².